The van der Waals surface area contributed by atoms with Gasteiger partial charge in [0.25, 0.3) is 0 Å². The largest absolute Gasteiger partial charge is 0.450 e. The van der Waals surface area contributed by atoms with Crippen LogP contribution in [-0.2, 0) is 4.74 Å². The predicted molar refractivity (Wildman–Crippen MR) is 57.4 cm³/mol. The molecule has 0 rings (SSSR count). The quantitative estimate of drug-likeness (QED) is 0.587. The van der Waals surface area contributed by atoms with E-state index >= 15 is 0 Å². The number of nitrogens with one attached hydrogen (secondary N) is 2. The lowest BCUT2D eigenvalue weighted by Crippen LogP contribution is -2.25. The zero-order chi connectivity index (χ0) is 10.6. The number of hydrogen-bond donors (Lipinski definition) is 2. The maximum absolute atomic E-state index is 10.8. The second-order valence-corrected chi connectivity index (χ2v) is 3.17. The minimum atomic E-state index is -0.303. The van der Waals surface area contributed by atoms with Gasteiger partial charge in [-0.15, -0.1) is 0 Å². The van der Waals surface area contributed by atoms with Crippen LogP contribution in [0.5, 0.6) is 0 Å². The van der Waals surface area contributed by atoms with E-state index in [2.05, 4.69) is 10.6 Å². The van der Waals surface area contributed by atoms with Crippen LogP contribution in [-0.4, -0.2) is 32.8 Å². The minimum absolute atomic E-state index is 0.303. The van der Waals surface area contributed by atoms with Crippen molar-refractivity contribution in [2.75, 3.05) is 26.7 Å². The molecule has 84 valence electrons. The zero-order valence-electron chi connectivity index (χ0n) is 9.27. The number of unbranched alkanes of at least 4 members (excludes halogenated alkanes) is 3. The summed E-state index contributed by atoms with van der Waals surface area (Å²) < 4.78 is 4.73. The average Bonchev–Trinajstić information content (AvgIpc) is 2.17. The SMILES string of the molecule is CCOC(=O)NCCCCCCNC. The Morgan fingerprint density at radius 1 is 1.14 bits per heavy atom. The van der Waals surface area contributed by atoms with Gasteiger partial charge in [-0.3, -0.25) is 0 Å². The molecule has 0 fully saturated rings. The Hall–Kier alpha value is -0.770. The molecule has 0 aromatic carbocycles. The van der Waals surface area contributed by atoms with Gasteiger partial charge in [-0.2, -0.15) is 0 Å². The third-order valence-electron chi connectivity index (χ3n) is 1.90. The van der Waals surface area contributed by atoms with Crippen LogP contribution < -0.4 is 10.6 Å². The van der Waals surface area contributed by atoms with E-state index in [1.807, 2.05) is 7.05 Å². The van der Waals surface area contributed by atoms with E-state index in [1.165, 1.54) is 12.8 Å². The van der Waals surface area contributed by atoms with Gasteiger partial charge in [-0.05, 0) is 33.4 Å². The maximum Gasteiger partial charge on any atom is 0.407 e. The number of amides is 1. The van der Waals surface area contributed by atoms with Gasteiger partial charge in [-0.1, -0.05) is 12.8 Å². The first-order valence-corrected chi connectivity index (χ1v) is 5.36. The highest BCUT2D eigenvalue weighted by molar-refractivity contribution is 5.66. The van der Waals surface area contributed by atoms with Crippen LogP contribution in [0.15, 0.2) is 0 Å². The molecule has 14 heavy (non-hydrogen) atoms. The Kier molecular flexibility index (Phi) is 9.74. The van der Waals surface area contributed by atoms with Crippen LogP contribution in [0.4, 0.5) is 4.79 Å². The van der Waals surface area contributed by atoms with Crippen molar-refractivity contribution in [1.29, 1.82) is 0 Å². The van der Waals surface area contributed by atoms with Gasteiger partial charge in [0.15, 0.2) is 0 Å². The second kappa shape index (κ2) is 10.3. The number of rotatable bonds is 8. The van der Waals surface area contributed by atoms with Gasteiger partial charge in [0, 0.05) is 6.54 Å². The maximum atomic E-state index is 10.8. The van der Waals surface area contributed by atoms with E-state index in [9.17, 15) is 4.79 Å². The van der Waals surface area contributed by atoms with Gasteiger partial charge in [0.1, 0.15) is 0 Å². The standard InChI is InChI=1S/C10H22N2O2/c1-3-14-10(13)12-9-7-5-4-6-8-11-2/h11H,3-9H2,1-2H3,(H,12,13). The first-order valence-electron chi connectivity index (χ1n) is 5.36. The Morgan fingerprint density at radius 2 is 1.79 bits per heavy atom. The smallest absolute Gasteiger partial charge is 0.407 e. The van der Waals surface area contributed by atoms with Crippen LogP contribution in [0, 0.1) is 0 Å². The summed E-state index contributed by atoms with van der Waals surface area (Å²) in [5.41, 5.74) is 0. The van der Waals surface area contributed by atoms with E-state index in [1.54, 1.807) is 6.92 Å². The fourth-order valence-electron chi connectivity index (χ4n) is 1.15. The van der Waals surface area contributed by atoms with Crippen molar-refractivity contribution in [1.82, 2.24) is 10.6 Å². The third kappa shape index (κ3) is 9.32. The van der Waals surface area contributed by atoms with Crippen molar-refractivity contribution in [3.8, 4) is 0 Å². The molecule has 4 nitrogen and oxygen atoms in total. The fraction of sp³-hybridized carbons (Fsp3) is 0.900. The zero-order valence-corrected chi connectivity index (χ0v) is 9.27. The normalized spacial score (nSPS) is 9.86. The summed E-state index contributed by atoms with van der Waals surface area (Å²) in [6, 6.07) is 0. The molecule has 0 heterocycles. The fourth-order valence-corrected chi connectivity index (χ4v) is 1.15. The molecule has 0 bridgehead atoms. The van der Waals surface area contributed by atoms with Crippen LogP contribution >= 0.6 is 0 Å². The lowest BCUT2D eigenvalue weighted by molar-refractivity contribution is 0.152. The van der Waals surface area contributed by atoms with Crippen molar-refractivity contribution in [2.24, 2.45) is 0 Å². The highest BCUT2D eigenvalue weighted by Crippen LogP contribution is 1.97. The minimum Gasteiger partial charge on any atom is -0.450 e. The second-order valence-electron chi connectivity index (χ2n) is 3.17. The molecular formula is C10H22N2O2. The van der Waals surface area contributed by atoms with Gasteiger partial charge >= 0.3 is 6.09 Å². The predicted octanol–water partition coefficient (Wildman–Crippen LogP) is 1.51. The summed E-state index contributed by atoms with van der Waals surface area (Å²) in [6.07, 6.45) is 4.31. The topological polar surface area (TPSA) is 50.4 Å². The van der Waals surface area contributed by atoms with Crippen molar-refractivity contribution in [2.45, 2.75) is 32.6 Å². The monoisotopic (exact) mass is 202 g/mol. The van der Waals surface area contributed by atoms with E-state index in [-0.39, 0.29) is 6.09 Å². The van der Waals surface area contributed by atoms with Crippen molar-refractivity contribution >= 4 is 6.09 Å². The molecule has 0 aromatic heterocycles. The molecule has 0 unspecified atom stereocenters. The van der Waals surface area contributed by atoms with Crippen molar-refractivity contribution in [3.63, 3.8) is 0 Å². The van der Waals surface area contributed by atoms with Crippen molar-refractivity contribution in [3.05, 3.63) is 0 Å². The number of hydrogen-bond acceptors (Lipinski definition) is 3. The van der Waals surface area contributed by atoms with E-state index < -0.39 is 0 Å². The number of carbonyl (C=O) groups is 1. The van der Waals surface area contributed by atoms with Gasteiger partial charge in [0.05, 0.1) is 6.61 Å². The van der Waals surface area contributed by atoms with Gasteiger partial charge in [-0.25, -0.2) is 4.79 Å². The Balaban J connectivity index is 3.01. The summed E-state index contributed by atoms with van der Waals surface area (Å²) in [5, 5.41) is 5.80. The molecule has 0 aliphatic heterocycles. The Labute approximate surface area is 86.4 Å². The molecule has 2 N–H and O–H groups in total. The number of ether oxygens (including phenoxy) is 1. The van der Waals surface area contributed by atoms with Crippen molar-refractivity contribution < 1.29 is 9.53 Å². The summed E-state index contributed by atoms with van der Waals surface area (Å²) in [6.45, 7) is 4.04. The van der Waals surface area contributed by atoms with E-state index in [4.69, 9.17) is 4.74 Å². The van der Waals surface area contributed by atoms with Crippen LogP contribution in [0.1, 0.15) is 32.6 Å². The Morgan fingerprint density at radius 3 is 2.36 bits per heavy atom. The summed E-state index contributed by atoms with van der Waals surface area (Å²) in [7, 11) is 1.96. The molecule has 0 spiro atoms. The van der Waals surface area contributed by atoms with E-state index in [0.29, 0.717) is 6.61 Å². The van der Waals surface area contributed by atoms with Crippen LogP contribution in [0.3, 0.4) is 0 Å². The average molecular weight is 202 g/mol. The summed E-state index contributed by atoms with van der Waals surface area (Å²) in [5.74, 6) is 0. The highest BCUT2D eigenvalue weighted by atomic mass is 16.5. The molecule has 0 saturated heterocycles. The summed E-state index contributed by atoms with van der Waals surface area (Å²) >= 11 is 0. The van der Waals surface area contributed by atoms with Gasteiger partial charge < -0.3 is 15.4 Å². The molecule has 0 aliphatic carbocycles. The summed E-state index contributed by atoms with van der Waals surface area (Å²) in [4.78, 5) is 10.8. The molecule has 4 heteroatoms. The lowest BCUT2D eigenvalue weighted by atomic mass is 10.2. The van der Waals surface area contributed by atoms with E-state index in [0.717, 1.165) is 25.9 Å². The van der Waals surface area contributed by atoms with Crippen LogP contribution in [0.25, 0.3) is 0 Å². The molecule has 0 atom stereocenters. The number of alkyl carbamates (subject to hydrolysis) is 1. The molecular weight excluding hydrogens is 180 g/mol. The van der Waals surface area contributed by atoms with Crippen LogP contribution in [0.2, 0.25) is 0 Å². The first-order chi connectivity index (χ1) is 6.81. The molecule has 0 aromatic rings. The lowest BCUT2D eigenvalue weighted by Gasteiger charge is -2.04. The van der Waals surface area contributed by atoms with Gasteiger partial charge in [0.2, 0.25) is 0 Å². The molecule has 0 aliphatic rings. The molecule has 1 amide bonds. The first kappa shape index (κ1) is 13.2. The highest BCUT2D eigenvalue weighted by Gasteiger charge is 1.97. The molecule has 0 saturated carbocycles. The molecule has 0 radical (unpaired) electrons. The Bertz CT molecular complexity index is 140. The third-order valence-corrected chi connectivity index (χ3v) is 1.90. The number of carbonyl (C=O) groups excluding carboxylic acids is 1.